The van der Waals surface area contributed by atoms with Crippen LogP contribution in [0.25, 0.3) is 10.9 Å². The summed E-state index contributed by atoms with van der Waals surface area (Å²) in [6.45, 7) is 1.91. The smallest absolute Gasteiger partial charge is 0.115 e. The second kappa shape index (κ2) is 5.63. The summed E-state index contributed by atoms with van der Waals surface area (Å²) < 4.78 is 0. The first-order valence-electron chi connectivity index (χ1n) is 6.67. The maximum Gasteiger partial charge on any atom is 0.115 e. The van der Waals surface area contributed by atoms with E-state index in [2.05, 4.69) is 15.5 Å². The fourth-order valence-electron chi connectivity index (χ4n) is 2.11. The Balaban J connectivity index is 1.88. The first kappa shape index (κ1) is 13.1. The van der Waals surface area contributed by atoms with Gasteiger partial charge in [0.1, 0.15) is 5.75 Å². The number of anilines is 1. The standard InChI is InChI=1S/C17H15N3O/c1-12(13-7-9-15(21)10-8-13)19-20-16-6-2-4-14-5-3-11-18-17(14)16/h2-11,20-21H,1H3/b19-12+. The molecule has 0 amide bonds. The molecule has 0 spiro atoms. The molecular formula is C17H15N3O. The minimum Gasteiger partial charge on any atom is -0.508 e. The number of pyridine rings is 1. The van der Waals surface area contributed by atoms with Gasteiger partial charge >= 0.3 is 0 Å². The van der Waals surface area contributed by atoms with E-state index in [0.29, 0.717) is 0 Å². The average Bonchev–Trinajstić information content (AvgIpc) is 2.53. The minimum absolute atomic E-state index is 0.248. The van der Waals surface area contributed by atoms with Crippen LogP contribution in [0.4, 0.5) is 5.69 Å². The number of phenols is 1. The summed E-state index contributed by atoms with van der Waals surface area (Å²) in [4.78, 5) is 4.38. The van der Waals surface area contributed by atoms with E-state index in [4.69, 9.17) is 0 Å². The summed E-state index contributed by atoms with van der Waals surface area (Å²) in [6, 6.07) is 16.8. The maximum absolute atomic E-state index is 9.30. The molecule has 4 heteroatoms. The van der Waals surface area contributed by atoms with Crippen molar-refractivity contribution in [2.75, 3.05) is 5.43 Å². The Bertz CT molecular complexity index is 789. The molecule has 0 atom stereocenters. The fourth-order valence-corrected chi connectivity index (χ4v) is 2.11. The molecule has 2 N–H and O–H groups in total. The van der Waals surface area contributed by atoms with Gasteiger partial charge in [0.25, 0.3) is 0 Å². The monoisotopic (exact) mass is 277 g/mol. The van der Waals surface area contributed by atoms with Crippen LogP contribution in [0, 0.1) is 0 Å². The Morgan fingerprint density at radius 3 is 2.62 bits per heavy atom. The lowest BCUT2D eigenvalue weighted by Gasteiger charge is -2.06. The molecule has 0 unspecified atom stereocenters. The molecule has 0 aliphatic rings. The molecule has 2 aromatic carbocycles. The van der Waals surface area contributed by atoms with Gasteiger partial charge in [-0.25, -0.2) is 0 Å². The third-order valence-electron chi connectivity index (χ3n) is 3.26. The normalized spacial score (nSPS) is 11.6. The topological polar surface area (TPSA) is 57.5 Å². The predicted molar refractivity (Wildman–Crippen MR) is 85.7 cm³/mol. The van der Waals surface area contributed by atoms with Gasteiger partial charge in [-0.15, -0.1) is 0 Å². The SMILES string of the molecule is C/C(=N\Nc1cccc2cccnc12)c1ccc(O)cc1. The highest BCUT2D eigenvalue weighted by molar-refractivity contribution is 5.99. The van der Waals surface area contributed by atoms with E-state index in [1.54, 1.807) is 18.3 Å². The van der Waals surface area contributed by atoms with Crippen molar-refractivity contribution in [3.8, 4) is 5.75 Å². The van der Waals surface area contributed by atoms with Crippen molar-refractivity contribution in [2.24, 2.45) is 5.10 Å². The predicted octanol–water partition coefficient (Wildman–Crippen LogP) is 3.78. The number of hydrazone groups is 1. The van der Waals surface area contributed by atoms with Crippen LogP contribution in [0.5, 0.6) is 5.75 Å². The van der Waals surface area contributed by atoms with Crippen LogP contribution in [0.1, 0.15) is 12.5 Å². The Hall–Kier alpha value is -2.88. The van der Waals surface area contributed by atoms with Gasteiger partial charge in [0.15, 0.2) is 0 Å². The van der Waals surface area contributed by atoms with Crippen LogP contribution in [0.3, 0.4) is 0 Å². The highest BCUT2D eigenvalue weighted by Gasteiger charge is 2.01. The Kier molecular flexibility index (Phi) is 3.51. The van der Waals surface area contributed by atoms with Crippen LogP contribution in [0.2, 0.25) is 0 Å². The zero-order valence-corrected chi connectivity index (χ0v) is 11.6. The molecule has 4 nitrogen and oxygen atoms in total. The first-order chi connectivity index (χ1) is 10.2. The third kappa shape index (κ3) is 2.84. The molecule has 0 saturated heterocycles. The van der Waals surface area contributed by atoms with Crippen molar-refractivity contribution >= 4 is 22.3 Å². The number of phenolic OH excluding ortho intramolecular Hbond substituents is 1. The van der Waals surface area contributed by atoms with Gasteiger partial charge in [0.2, 0.25) is 0 Å². The Morgan fingerprint density at radius 1 is 1.05 bits per heavy atom. The average molecular weight is 277 g/mol. The number of hydrogen-bond donors (Lipinski definition) is 2. The molecule has 1 aromatic heterocycles. The minimum atomic E-state index is 0.248. The lowest BCUT2D eigenvalue weighted by atomic mass is 10.1. The first-order valence-corrected chi connectivity index (χ1v) is 6.67. The number of rotatable bonds is 3. The van der Waals surface area contributed by atoms with Gasteiger partial charge in [-0.05, 0) is 48.9 Å². The van der Waals surface area contributed by atoms with E-state index < -0.39 is 0 Å². The molecule has 104 valence electrons. The lowest BCUT2D eigenvalue weighted by Crippen LogP contribution is -2.00. The van der Waals surface area contributed by atoms with E-state index in [-0.39, 0.29) is 5.75 Å². The largest absolute Gasteiger partial charge is 0.508 e. The number of aromatic nitrogens is 1. The van der Waals surface area contributed by atoms with Crippen LogP contribution < -0.4 is 5.43 Å². The fraction of sp³-hybridized carbons (Fsp3) is 0.0588. The molecule has 0 aliphatic heterocycles. The maximum atomic E-state index is 9.30. The van der Waals surface area contributed by atoms with Crippen molar-refractivity contribution in [3.05, 3.63) is 66.4 Å². The van der Waals surface area contributed by atoms with E-state index in [0.717, 1.165) is 27.9 Å². The molecule has 0 radical (unpaired) electrons. The van der Waals surface area contributed by atoms with Crippen molar-refractivity contribution < 1.29 is 5.11 Å². The summed E-state index contributed by atoms with van der Waals surface area (Å²) in [7, 11) is 0. The van der Waals surface area contributed by atoms with Gasteiger partial charge in [-0.2, -0.15) is 5.10 Å². The van der Waals surface area contributed by atoms with Gasteiger partial charge in [-0.3, -0.25) is 10.4 Å². The number of para-hydroxylation sites is 1. The molecule has 3 aromatic rings. The number of benzene rings is 2. The summed E-state index contributed by atoms with van der Waals surface area (Å²) in [5, 5.41) is 14.8. The third-order valence-corrected chi connectivity index (χ3v) is 3.26. The second-order valence-corrected chi connectivity index (χ2v) is 4.74. The number of aromatic hydroxyl groups is 1. The van der Waals surface area contributed by atoms with E-state index in [1.165, 1.54) is 0 Å². The van der Waals surface area contributed by atoms with Gasteiger partial charge in [-0.1, -0.05) is 18.2 Å². The van der Waals surface area contributed by atoms with E-state index >= 15 is 0 Å². The number of nitrogens with one attached hydrogen (secondary N) is 1. The quantitative estimate of drug-likeness (QED) is 0.566. The molecule has 3 rings (SSSR count). The zero-order valence-electron chi connectivity index (χ0n) is 11.6. The highest BCUT2D eigenvalue weighted by Crippen LogP contribution is 2.20. The Morgan fingerprint density at radius 2 is 1.81 bits per heavy atom. The van der Waals surface area contributed by atoms with Gasteiger partial charge in [0.05, 0.1) is 16.9 Å². The molecular weight excluding hydrogens is 262 g/mol. The van der Waals surface area contributed by atoms with Gasteiger partial charge in [0, 0.05) is 11.6 Å². The highest BCUT2D eigenvalue weighted by atomic mass is 16.3. The summed E-state index contributed by atoms with van der Waals surface area (Å²) in [5.41, 5.74) is 6.61. The van der Waals surface area contributed by atoms with Crippen LogP contribution in [-0.2, 0) is 0 Å². The van der Waals surface area contributed by atoms with Crippen molar-refractivity contribution in [1.29, 1.82) is 0 Å². The lowest BCUT2D eigenvalue weighted by molar-refractivity contribution is 0.475. The summed E-state index contributed by atoms with van der Waals surface area (Å²) >= 11 is 0. The number of hydrogen-bond acceptors (Lipinski definition) is 4. The van der Waals surface area contributed by atoms with Crippen LogP contribution in [-0.4, -0.2) is 15.8 Å². The number of fused-ring (bicyclic) bond motifs is 1. The Labute approximate surface area is 122 Å². The second-order valence-electron chi connectivity index (χ2n) is 4.74. The molecule has 1 heterocycles. The molecule has 0 bridgehead atoms. The van der Waals surface area contributed by atoms with E-state index in [1.807, 2.05) is 49.4 Å². The van der Waals surface area contributed by atoms with Crippen LogP contribution >= 0.6 is 0 Å². The zero-order chi connectivity index (χ0) is 14.7. The van der Waals surface area contributed by atoms with Crippen molar-refractivity contribution in [1.82, 2.24) is 4.98 Å². The van der Waals surface area contributed by atoms with Gasteiger partial charge < -0.3 is 5.11 Å². The van der Waals surface area contributed by atoms with E-state index in [9.17, 15) is 5.11 Å². The summed E-state index contributed by atoms with van der Waals surface area (Å²) in [6.07, 6.45) is 1.77. The molecule has 21 heavy (non-hydrogen) atoms. The van der Waals surface area contributed by atoms with Crippen molar-refractivity contribution in [2.45, 2.75) is 6.92 Å². The number of nitrogens with zero attached hydrogens (tertiary/aromatic N) is 2. The van der Waals surface area contributed by atoms with Crippen LogP contribution in [0.15, 0.2) is 65.9 Å². The molecule has 0 saturated carbocycles. The molecule has 0 aliphatic carbocycles. The van der Waals surface area contributed by atoms with Crippen molar-refractivity contribution in [3.63, 3.8) is 0 Å². The molecule has 0 fully saturated rings. The summed E-state index contributed by atoms with van der Waals surface area (Å²) in [5.74, 6) is 0.248.